The Labute approximate surface area is 172 Å². The maximum Gasteiger partial charge on any atom is 0.264 e. The molecule has 7 nitrogen and oxygen atoms in total. The van der Waals surface area contributed by atoms with E-state index in [1.54, 1.807) is 0 Å². The van der Waals surface area contributed by atoms with Crippen LogP contribution in [0.3, 0.4) is 0 Å². The summed E-state index contributed by atoms with van der Waals surface area (Å²) in [6.45, 7) is 2.04. The normalized spacial score (nSPS) is 21.9. The molecule has 29 heavy (non-hydrogen) atoms. The number of hydrogen-bond acceptors (Lipinski definition) is 7. The fourth-order valence-corrected chi connectivity index (χ4v) is 5.40. The van der Waals surface area contributed by atoms with Crippen molar-refractivity contribution in [2.24, 2.45) is 5.92 Å². The van der Waals surface area contributed by atoms with Gasteiger partial charge in [0.1, 0.15) is 16.4 Å². The number of anilines is 2. The highest BCUT2D eigenvalue weighted by Gasteiger charge is 2.27. The van der Waals surface area contributed by atoms with Crippen molar-refractivity contribution in [3.63, 3.8) is 0 Å². The quantitative estimate of drug-likeness (QED) is 0.597. The Kier molecular flexibility index (Phi) is 4.97. The number of aromatic amines is 1. The number of rotatable bonds is 5. The Hall–Kier alpha value is -2.45. The van der Waals surface area contributed by atoms with Gasteiger partial charge in [-0.15, -0.1) is 11.3 Å². The highest BCUT2D eigenvalue weighted by molar-refractivity contribution is 7.21. The first-order chi connectivity index (χ1) is 14.2. The number of fused-ring (bicyclic) bond motifs is 1. The Bertz CT molecular complexity index is 1040. The summed E-state index contributed by atoms with van der Waals surface area (Å²) in [4.78, 5) is 27.8. The van der Waals surface area contributed by atoms with Crippen molar-refractivity contribution in [1.82, 2.24) is 15.0 Å². The average Bonchev–Trinajstić information content (AvgIpc) is 3.47. The number of para-hydroxylation sites is 1. The minimum Gasteiger partial charge on any atom is -0.396 e. The lowest BCUT2D eigenvalue weighted by molar-refractivity contribution is 0.229. The van der Waals surface area contributed by atoms with Gasteiger partial charge in [-0.3, -0.25) is 9.78 Å². The number of aliphatic hydroxyl groups excluding tert-OH is 1. The number of hydrogen-bond donors (Lipinski definition) is 3. The van der Waals surface area contributed by atoms with Gasteiger partial charge in [0, 0.05) is 25.7 Å². The van der Waals surface area contributed by atoms with E-state index in [2.05, 4.69) is 15.2 Å². The lowest BCUT2D eigenvalue weighted by Crippen LogP contribution is -2.27. The maximum absolute atomic E-state index is 13.2. The first-order valence-electron chi connectivity index (χ1n) is 10.3. The lowest BCUT2D eigenvalue weighted by Gasteiger charge is -2.20. The van der Waals surface area contributed by atoms with Crippen LogP contribution in [0.1, 0.15) is 32.1 Å². The van der Waals surface area contributed by atoms with Crippen LogP contribution in [0.2, 0.25) is 0 Å². The second-order valence-electron chi connectivity index (χ2n) is 8.00. The molecular weight excluding hydrogens is 386 g/mol. The number of nitrogens with one attached hydrogen (secondary N) is 2. The topological polar surface area (TPSA) is 94.1 Å². The smallest absolute Gasteiger partial charge is 0.264 e. The monoisotopic (exact) mass is 411 g/mol. The van der Waals surface area contributed by atoms with Crippen molar-refractivity contribution in [2.75, 3.05) is 29.9 Å². The minimum absolute atomic E-state index is 0.153. The van der Waals surface area contributed by atoms with Gasteiger partial charge in [-0.25, -0.2) is 4.98 Å². The van der Waals surface area contributed by atoms with Gasteiger partial charge in [0.05, 0.1) is 10.2 Å². The molecular formula is C21H25N5O2S. The predicted molar refractivity (Wildman–Crippen MR) is 117 cm³/mol. The third-order valence-electron chi connectivity index (χ3n) is 5.96. The summed E-state index contributed by atoms with van der Waals surface area (Å²) in [6, 6.07) is 8.13. The standard InChI is InChI=1S/C21H25N5O2S/c27-12-13-7-8-14(11-13)22-18-17(20-23-15-5-1-2-6-16(15)29-20)19(28)25-21(24-18)26-9-3-4-10-26/h1-2,5-6,13-14,27H,3-4,7-12H2,(H2,22,24,25,28). The Morgan fingerprint density at radius 3 is 2.79 bits per heavy atom. The summed E-state index contributed by atoms with van der Waals surface area (Å²) in [5, 5.41) is 13.7. The van der Waals surface area contributed by atoms with Crippen LogP contribution in [-0.4, -0.2) is 45.8 Å². The molecule has 1 aliphatic heterocycles. The zero-order valence-corrected chi connectivity index (χ0v) is 17.0. The van der Waals surface area contributed by atoms with Gasteiger partial charge >= 0.3 is 0 Å². The number of H-pyrrole nitrogens is 1. The molecule has 3 aromatic rings. The molecule has 1 aromatic carbocycles. The molecule has 2 aliphatic rings. The van der Waals surface area contributed by atoms with Crippen molar-refractivity contribution in [2.45, 2.75) is 38.1 Å². The van der Waals surface area contributed by atoms with E-state index in [9.17, 15) is 9.90 Å². The second kappa shape index (κ2) is 7.76. The van der Waals surface area contributed by atoms with Gasteiger partial charge in [-0.2, -0.15) is 4.98 Å². The van der Waals surface area contributed by atoms with Gasteiger partial charge < -0.3 is 15.3 Å². The van der Waals surface area contributed by atoms with E-state index in [0.717, 1.165) is 55.4 Å². The zero-order chi connectivity index (χ0) is 19.8. The average molecular weight is 412 g/mol. The number of aromatic nitrogens is 3. The summed E-state index contributed by atoms with van der Waals surface area (Å²) < 4.78 is 1.05. The molecule has 3 N–H and O–H groups in total. The Balaban J connectivity index is 1.57. The van der Waals surface area contributed by atoms with Crippen LogP contribution in [0.25, 0.3) is 20.8 Å². The molecule has 0 spiro atoms. The van der Waals surface area contributed by atoms with E-state index < -0.39 is 0 Å². The molecule has 8 heteroatoms. The molecule has 5 rings (SSSR count). The first kappa shape index (κ1) is 18.6. The van der Waals surface area contributed by atoms with E-state index in [-0.39, 0.29) is 18.2 Å². The van der Waals surface area contributed by atoms with Crippen LogP contribution >= 0.6 is 11.3 Å². The Morgan fingerprint density at radius 1 is 1.21 bits per heavy atom. The molecule has 0 amide bonds. The van der Waals surface area contributed by atoms with Gasteiger partial charge in [-0.1, -0.05) is 12.1 Å². The molecule has 1 aliphatic carbocycles. The van der Waals surface area contributed by atoms with Crippen molar-refractivity contribution in [3.05, 3.63) is 34.6 Å². The molecule has 2 atom stereocenters. The van der Waals surface area contributed by atoms with Gasteiger partial charge in [0.2, 0.25) is 5.95 Å². The summed E-state index contributed by atoms with van der Waals surface area (Å²) in [5.41, 5.74) is 1.25. The predicted octanol–water partition coefficient (Wildman–Crippen LogP) is 3.22. The number of aliphatic hydroxyl groups is 1. The van der Waals surface area contributed by atoms with Gasteiger partial charge in [-0.05, 0) is 50.2 Å². The summed E-state index contributed by atoms with van der Waals surface area (Å²) in [7, 11) is 0. The highest BCUT2D eigenvalue weighted by atomic mass is 32.1. The molecule has 1 saturated carbocycles. The summed E-state index contributed by atoms with van der Waals surface area (Å²) >= 11 is 1.52. The molecule has 1 saturated heterocycles. The van der Waals surface area contributed by atoms with Crippen LogP contribution in [0.5, 0.6) is 0 Å². The van der Waals surface area contributed by atoms with Gasteiger partial charge in [0.25, 0.3) is 5.56 Å². The van der Waals surface area contributed by atoms with Crippen LogP contribution < -0.4 is 15.8 Å². The van der Waals surface area contributed by atoms with E-state index >= 15 is 0 Å². The number of nitrogens with zero attached hydrogens (tertiary/aromatic N) is 3. The molecule has 3 heterocycles. The molecule has 0 bridgehead atoms. The molecule has 2 unspecified atom stereocenters. The molecule has 0 radical (unpaired) electrons. The second-order valence-corrected chi connectivity index (χ2v) is 9.03. The molecule has 2 fully saturated rings. The lowest BCUT2D eigenvalue weighted by atomic mass is 10.1. The van der Waals surface area contributed by atoms with Crippen molar-refractivity contribution >= 4 is 33.3 Å². The van der Waals surface area contributed by atoms with Crippen LogP contribution in [0.4, 0.5) is 11.8 Å². The van der Waals surface area contributed by atoms with E-state index in [1.165, 1.54) is 11.3 Å². The summed E-state index contributed by atoms with van der Waals surface area (Å²) in [6.07, 6.45) is 5.09. The van der Waals surface area contributed by atoms with E-state index in [4.69, 9.17) is 9.97 Å². The Morgan fingerprint density at radius 2 is 2.03 bits per heavy atom. The first-order valence-corrected chi connectivity index (χ1v) is 11.2. The van der Waals surface area contributed by atoms with Gasteiger partial charge in [0.15, 0.2) is 0 Å². The van der Waals surface area contributed by atoms with Crippen molar-refractivity contribution in [1.29, 1.82) is 0 Å². The van der Waals surface area contributed by atoms with Crippen LogP contribution in [0, 0.1) is 5.92 Å². The van der Waals surface area contributed by atoms with E-state index in [1.807, 2.05) is 24.3 Å². The maximum atomic E-state index is 13.2. The van der Waals surface area contributed by atoms with Crippen LogP contribution in [0.15, 0.2) is 29.1 Å². The largest absolute Gasteiger partial charge is 0.396 e. The summed E-state index contributed by atoms with van der Waals surface area (Å²) in [5.74, 6) is 1.56. The van der Waals surface area contributed by atoms with Crippen molar-refractivity contribution < 1.29 is 5.11 Å². The SMILES string of the molecule is O=c1[nH]c(N2CCCC2)nc(NC2CCC(CO)C2)c1-c1nc2ccccc2s1. The fraction of sp³-hybridized carbons (Fsp3) is 0.476. The highest BCUT2D eigenvalue weighted by Crippen LogP contribution is 2.34. The number of benzene rings is 1. The molecule has 2 aromatic heterocycles. The van der Waals surface area contributed by atoms with Crippen molar-refractivity contribution in [3.8, 4) is 10.6 Å². The van der Waals surface area contributed by atoms with Crippen LogP contribution in [-0.2, 0) is 0 Å². The minimum atomic E-state index is -0.153. The van der Waals surface area contributed by atoms with E-state index in [0.29, 0.717) is 28.3 Å². The molecule has 152 valence electrons. The number of thiazole rings is 1. The fourth-order valence-electron chi connectivity index (χ4n) is 4.39. The third-order valence-corrected chi connectivity index (χ3v) is 7.01. The third kappa shape index (κ3) is 3.62. The zero-order valence-electron chi connectivity index (χ0n) is 16.2.